The molecule has 0 aliphatic heterocycles. The van der Waals surface area contributed by atoms with Gasteiger partial charge < -0.3 is 0 Å². The van der Waals surface area contributed by atoms with Crippen molar-refractivity contribution in [3.8, 4) is 12.4 Å². The van der Waals surface area contributed by atoms with Crippen LogP contribution >= 0.6 is 0 Å². The summed E-state index contributed by atoms with van der Waals surface area (Å²) in [7, 11) is 0. The highest BCUT2D eigenvalue weighted by atomic mass is 15.1. The Morgan fingerprint density at radius 3 is 2.38 bits per heavy atom. The van der Waals surface area contributed by atoms with Crippen molar-refractivity contribution in [1.29, 1.82) is 10.5 Å². The molecule has 0 spiro atoms. The second-order valence-corrected chi connectivity index (χ2v) is 3.55. The highest BCUT2D eigenvalue weighted by Crippen LogP contribution is 2.24. The Balaban J connectivity index is 3.25. The van der Waals surface area contributed by atoms with E-state index in [-0.39, 0.29) is 0 Å². The zero-order valence-corrected chi connectivity index (χ0v) is 9.70. The first kappa shape index (κ1) is 12.1. The first-order chi connectivity index (χ1) is 7.78. The zero-order valence-electron chi connectivity index (χ0n) is 9.70. The third-order valence-corrected chi connectivity index (χ3v) is 2.56. The van der Waals surface area contributed by atoms with Gasteiger partial charge in [-0.25, -0.2) is 0 Å². The second-order valence-electron chi connectivity index (χ2n) is 3.55. The maximum Gasteiger partial charge on any atom is 0.198 e. The molecule has 0 atom stereocenters. The quantitative estimate of drug-likeness (QED) is 0.570. The van der Waals surface area contributed by atoms with E-state index in [0.29, 0.717) is 0 Å². The summed E-state index contributed by atoms with van der Waals surface area (Å²) in [6.07, 6.45) is 6.66. The molecule has 0 aliphatic carbocycles. The molecule has 3 heteroatoms. The van der Waals surface area contributed by atoms with E-state index in [4.69, 9.17) is 10.5 Å². The number of nitriles is 2. The van der Waals surface area contributed by atoms with E-state index in [0.717, 1.165) is 35.4 Å². The van der Waals surface area contributed by atoms with Crippen LogP contribution < -0.4 is 4.90 Å². The number of hydrogen-bond acceptors (Lipinski definition) is 3. The van der Waals surface area contributed by atoms with Gasteiger partial charge >= 0.3 is 0 Å². The molecular formula is C13H15N3. The molecule has 82 valence electrons. The average Bonchev–Trinajstić information content (AvgIpc) is 2.31. The Morgan fingerprint density at radius 1 is 1.19 bits per heavy atom. The van der Waals surface area contributed by atoms with Crippen LogP contribution in [0.2, 0.25) is 0 Å². The largest absolute Gasteiger partial charge is 0.198 e. The monoisotopic (exact) mass is 213 g/mol. The van der Waals surface area contributed by atoms with Gasteiger partial charge in [-0.2, -0.15) is 15.4 Å². The molecule has 1 aromatic carbocycles. The Kier molecular flexibility index (Phi) is 4.36. The first-order valence-electron chi connectivity index (χ1n) is 5.48. The highest BCUT2D eigenvalue weighted by Gasteiger charge is 2.11. The van der Waals surface area contributed by atoms with Gasteiger partial charge in [0.15, 0.2) is 12.4 Å². The normalized spacial score (nSPS) is 9.25. The molecule has 1 aromatic rings. The van der Waals surface area contributed by atoms with Crippen molar-refractivity contribution < 1.29 is 0 Å². The van der Waals surface area contributed by atoms with E-state index in [9.17, 15) is 0 Å². The van der Waals surface area contributed by atoms with Crippen molar-refractivity contribution in [3.63, 3.8) is 0 Å². The molecule has 0 heterocycles. The van der Waals surface area contributed by atoms with Crippen LogP contribution in [0.4, 0.5) is 5.69 Å². The number of anilines is 1. The van der Waals surface area contributed by atoms with Gasteiger partial charge in [0.2, 0.25) is 0 Å². The van der Waals surface area contributed by atoms with E-state index in [1.807, 2.05) is 31.4 Å². The molecule has 3 nitrogen and oxygen atoms in total. The van der Waals surface area contributed by atoms with E-state index in [1.165, 1.54) is 5.56 Å². The van der Waals surface area contributed by atoms with Crippen LogP contribution in [0.15, 0.2) is 18.2 Å². The summed E-state index contributed by atoms with van der Waals surface area (Å²) in [5.74, 6) is 0. The minimum absolute atomic E-state index is 0.721. The minimum Gasteiger partial charge on any atom is -0.182 e. The van der Waals surface area contributed by atoms with Crippen LogP contribution in [0.25, 0.3) is 0 Å². The molecule has 0 radical (unpaired) electrons. The number of hydrogen-bond donors (Lipinski definition) is 0. The van der Waals surface area contributed by atoms with Crippen molar-refractivity contribution in [2.75, 3.05) is 4.90 Å². The van der Waals surface area contributed by atoms with Gasteiger partial charge in [-0.1, -0.05) is 32.4 Å². The summed E-state index contributed by atoms with van der Waals surface area (Å²) in [5, 5.41) is 17.7. The molecule has 0 fully saturated rings. The summed E-state index contributed by atoms with van der Waals surface area (Å²) in [6.45, 7) is 4.17. The summed E-state index contributed by atoms with van der Waals surface area (Å²) in [6, 6.07) is 5.80. The third-order valence-electron chi connectivity index (χ3n) is 2.56. The Hall–Kier alpha value is -2.00. The number of benzene rings is 1. The van der Waals surface area contributed by atoms with Crippen LogP contribution in [-0.4, -0.2) is 0 Å². The van der Waals surface area contributed by atoms with Gasteiger partial charge in [0, 0.05) is 0 Å². The molecule has 0 bridgehead atoms. The second kappa shape index (κ2) is 5.78. The molecule has 0 N–H and O–H groups in total. The van der Waals surface area contributed by atoms with Crippen molar-refractivity contribution >= 4 is 5.69 Å². The SMILES string of the molecule is CCCc1cccc(N(C#N)C#N)c1CC. The number of nitrogens with zero attached hydrogens (tertiary/aromatic N) is 3. The van der Waals surface area contributed by atoms with Gasteiger partial charge in [-0.15, -0.1) is 0 Å². The molecule has 0 aromatic heterocycles. The predicted octanol–water partition coefficient (Wildman–Crippen LogP) is 2.97. The molecule has 0 amide bonds. The molecule has 0 saturated heterocycles. The van der Waals surface area contributed by atoms with Crippen LogP contribution in [0.1, 0.15) is 31.4 Å². The van der Waals surface area contributed by atoms with Gasteiger partial charge in [-0.05, 0) is 30.0 Å². The fraction of sp³-hybridized carbons (Fsp3) is 0.385. The number of aryl methyl sites for hydroxylation is 1. The maximum atomic E-state index is 8.87. The molecule has 1 rings (SSSR count). The molecule has 0 saturated carbocycles. The van der Waals surface area contributed by atoms with Crippen LogP contribution in [-0.2, 0) is 12.8 Å². The van der Waals surface area contributed by atoms with Crippen LogP contribution in [0, 0.1) is 22.9 Å². The zero-order chi connectivity index (χ0) is 12.0. The average molecular weight is 213 g/mol. The lowest BCUT2D eigenvalue weighted by molar-refractivity contribution is 0.898. The fourth-order valence-electron chi connectivity index (χ4n) is 1.87. The highest BCUT2D eigenvalue weighted by molar-refractivity contribution is 5.62. The maximum absolute atomic E-state index is 8.87. The lowest BCUT2D eigenvalue weighted by atomic mass is 9.99. The van der Waals surface area contributed by atoms with Crippen LogP contribution in [0.3, 0.4) is 0 Å². The predicted molar refractivity (Wildman–Crippen MR) is 63.5 cm³/mol. The van der Waals surface area contributed by atoms with Crippen molar-refractivity contribution in [2.24, 2.45) is 0 Å². The lowest BCUT2D eigenvalue weighted by Gasteiger charge is -2.14. The van der Waals surface area contributed by atoms with Crippen molar-refractivity contribution in [2.45, 2.75) is 33.1 Å². The van der Waals surface area contributed by atoms with Gasteiger partial charge in [0.25, 0.3) is 0 Å². The Labute approximate surface area is 96.5 Å². The molecule has 0 unspecified atom stereocenters. The summed E-state index contributed by atoms with van der Waals surface area (Å²) in [5.41, 5.74) is 3.06. The summed E-state index contributed by atoms with van der Waals surface area (Å²) in [4.78, 5) is 1.07. The van der Waals surface area contributed by atoms with E-state index < -0.39 is 0 Å². The smallest absolute Gasteiger partial charge is 0.182 e. The van der Waals surface area contributed by atoms with E-state index >= 15 is 0 Å². The Morgan fingerprint density at radius 2 is 1.88 bits per heavy atom. The minimum atomic E-state index is 0.721. The lowest BCUT2D eigenvalue weighted by Crippen LogP contribution is -2.11. The number of rotatable bonds is 4. The van der Waals surface area contributed by atoms with Crippen LogP contribution in [0.5, 0.6) is 0 Å². The van der Waals surface area contributed by atoms with E-state index in [2.05, 4.69) is 13.0 Å². The third kappa shape index (κ3) is 2.32. The standard InChI is InChI=1S/C13H15N3/c1-3-6-11-7-5-8-13(12(11)4-2)16(9-14)10-15/h5,7-8H,3-4,6H2,1-2H3. The molecule has 16 heavy (non-hydrogen) atoms. The van der Waals surface area contributed by atoms with E-state index in [1.54, 1.807) is 0 Å². The first-order valence-corrected chi connectivity index (χ1v) is 5.48. The molecular weight excluding hydrogens is 198 g/mol. The topological polar surface area (TPSA) is 50.8 Å². The van der Waals surface area contributed by atoms with Gasteiger partial charge in [0.1, 0.15) is 0 Å². The summed E-state index contributed by atoms with van der Waals surface area (Å²) >= 11 is 0. The summed E-state index contributed by atoms with van der Waals surface area (Å²) < 4.78 is 0. The Bertz CT molecular complexity index is 423. The van der Waals surface area contributed by atoms with Gasteiger partial charge in [0.05, 0.1) is 5.69 Å². The fourth-order valence-corrected chi connectivity index (χ4v) is 1.87. The van der Waals surface area contributed by atoms with Crippen molar-refractivity contribution in [3.05, 3.63) is 29.3 Å². The van der Waals surface area contributed by atoms with Gasteiger partial charge in [-0.3, -0.25) is 0 Å². The van der Waals surface area contributed by atoms with Crippen molar-refractivity contribution in [1.82, 2.24) is 0 Å². The molecule has 0 aliphatic rings.